The lowest BCUT2D eigenvalue weighted by Gasteiger charge is -2.20. The Balaban J connectivity index is 2.52. The van der Waals surface area contributed by atoms with Gasteiger partial charge >= 0.3 is 5.97 Å². The van der Waals surface area contributed by atoms with Crippen LogP contribution in [0.1, 0.15) is 54.3 Å². The number of halogens is 2. The summed E-state index contributed by atoms with van der Waals surface area (Å²) in [5.41, 5.74) is 0.153. The molecule has 0 radical (unpaired) electrons. The van der Waals surface area contributed by atoms with Gasteiger partial charge in [0.05, 0.1) is 17.2 Å². The van der Waals surface area contributed by atoms with E-state index in [9.17, 15) is 14.3 Å². The molecule has 2 rings (SSSR count). The topological polar surface area (TPSA) is 55.8 Å². The van der Waals surface area contributed by atoms with Gasteiger partial charge in [-0.1, -0.05) is 31.5 Å². The molecular formula is C20H22BrFO4. The Bertz CT molecular complexity index is 775. The minimum atomic E-state index is -1.06. The summed E-state index contributed by atoms with van der Waals surface area (Å²) >= 11 is 3.29. The number of hydrogen-bond acceptors (Lipinski definition) is 4. The Hall–Kier alpha value is -1.92. The van der Waals surface area contributed by atoms with E-state index >= 15 is 0 Å². The molecule has 0 aliphatic rings. The highest BCUT2D eigenvalue weighted by molar-refractivity contribution is 9.10. The van der Waals surface area contributed by atoms with Crippen LogP contribution in [-0.2, 0) is 0 Å². The van der Waals surface area contributed by atoms with E-state index < -0.39 is 17.9 Å². The van der Waals surface area contributed by atoms with Crippen molar-refractivity contribution in [1.29, 1.82) is 0 Å². The predicted octanol–water partition coefficient (Wildman–Crippen LogP) is 5.35. The second kappa shape index (κ2) is 9.14. The second-order valence-corrected chi connectivity index (χ2v) is 6.74. The molecule has 0 spiro atoms. The minimum absolute atomic E-state index is 0.0127. The zero-order valence-electron chi connectivity index (χ0n) is 15.0. The van der Waals surface area contributed by atoms with E-state index in [1.165, 1.54) is 13.8 Å². The van der Waals surface area contributed by atoms with Crippen molar-refractivity contribution in [2.75, 3.05) is 6.61 Å². The number of hydrogen-bond donors (Lipinski definition) is 1. The van der Waals surface area contributed by atoms with Gasteiger partial charge in [0.15, 0.2) is 0 Å². The van der Waals surface area contributed by atoms with E-state index in [1.807, 2.05) is 6.92 Å². The van der Waals surface area contributed by atoms with Gasteiger partial charge < -0.3 is 14.6 Å². The first-order valence-electron chi connectivity index (χ1n) is 8.48. The van der Waals surface area contributed by atoms with Gasteiger partial charge in [-0.15, -0.1) is 0 Å². The molecular weight excluding hydrogens is 403 g/mol. The molecule has 1 unspecified atom stereocenters. The lowest BCUT2D eigenvalue weighted by Crippen LogP contribution is -2.17. The van der Waals surface area contributed by atoms with Crippen molar-refractivity contribution in [1.82, 2.24) is 0 Å². The molecule has 0 bridgehead atoms. The standard InChI is InChI=1S/C20H22BrFO4/c1-4-5-11-25-19-15(20(24)26-14-9-7-6-8-10-14)12(2)18(22)16(13(3)23)17(19)21/h6-10,13,23H,4-5,11H2,1-3H3. The fourth-order valence-corrected chi connectivity index (χ4v) is 3.34. The highest BCUT2D eigenvalue weighted by atomic mass is 79.9. The summed E-state index contributed by atoms with van der Waals surface area (Å²) in [5.74, 6) is -0.826. The van der Waals surface area contributed by atoms with Crippen LogP contribution in [0.3, 0.4) is 0 Å². The Morgan fingerprint density at radius 3 is 2.54 bits per heavy atom. The zero-order chi connectivity index (χ0) is 19.3. The van der Waals surface area contributed by atoms with Crippen molar-refractivity contribution in [3.63, 3.8) is 0 Å². The molecule has 0 saturated carbocycles. The van der Waals surface area contributed by atoms with Crippen molar-refractivity contribution in [3.8, 4) is 11.5 Å². The molecule has 1 N–H and O–H groups in total. The maximum atomic E-state index is 14.8. The number of aliphatic hydroxyl groups is 1. The normalized spacial score (nSPS) is 11.9. The van der Waals surface area contributed by atoms with Crippen molar-refractivity contribution in [3.05, 3.63) is 57.3 Å². The number of aliphatic hydroxyl groups excluding tert-OH is 1. The predicted molar refractivity (Wildman–Crippen MR) is 101 cm³/mol. The maximum absolute atomic E-state index is 14.8. The molecule has 0 amide bonds. The van der Waals surface area contributed by atoms with Gasteiger partial charge in [0.2, 0.25) is 0 Å². The van der Waals surface area contributed by atoms with Crippen molar-refractivity contribution >= 4 is 21.9 Å². The molecule has 2 aromatic carbocycles. The van der Waals surface area contributed by atoms with Gasteiger partial charge in [-0.25, -0.2) is 9.18 Å². The Labute approximate surface area is 161 Å². The smallest absolute Gasteiger partial charge is 0.347 e. The summed E-state index contributed by atoms with van der Waals surface area (Å²) in [5, 5.41) is 9.93. The highest BCUT2D eigenvalue weighted by Crippen LogP contribution is 2.40. The minimum Gasteiger partial charge on any atom is -0.491 e. The van der Waals surface area contributed by atoms with Crippen molar-refractivity contribution < 1.29 is 23.8 Å². The lowest BCUT2D eigenvalue weighted by atomic mass is 9.99. The summed E-state index contributed by atoms with van der Waals surface area (Å²) in [7, 11) is 0. The number of ether oxygens (including phenoxy) is 2. The fourth-order valence-electron chi connectivity index (χ4n) is 2.52. The molecule has 0 aliphatic heterocycles. The molecule has 6 heteroatoms. The molecule has 1 atom stereocenters. The van der Waals surface area contributed by atoms with Gasteiger partial charge in [-0.05, 0) is 48.3 Å². The van der Waals surface area contributed by atoms with Crippen LogP contribution in [0.5, 0.6) is 11.5 Å². The third kappa shape index (κ3) is 4.43. The lowest BCUT2D eigenvalue weighted by molar-refractivity contribution is 0.0727. The molecule has 0 fully saturated rings. The quantitative estimate of drug-likeness (QED) is 0.369. The van der Waals surface area contributed by atoms with Gasteiger partial charge in [0.1, 0.15) is 22.9 Å². The summed E-state index contributed by atoms with van der Waals surface area (Å²) in [4.78, 5) is 12.7. The van der Waals surface area contributed by atoms with Gasteiger partial charge in [0.25, 0.3) is 0 Å². The van der Waals surface area contributed by atoms with E-state index in [0.717, 1.165) is 12.8 Å². The van der Waals surface area contributed by atoms with E-state index in [-0.39, 0.29) is 26.9 Å². The van der Waals surface area contributed by atoms with E-state index in [2.05, 4.69) is 15.9 Å². The Kier molecular flexibility index (Phi) is 7.17. The number of carbonyl (C=O) groups excluding carboxylic acids is 1. The van der Waals surface area contributed by atoms with Crippen LogP contribution in [-0.4, -0.2) is 17.7 Å². The first-order chi connectivity index (χ1) is 12.4. The van der Waals surface area contributed by atoms with E-state index in [0.29, 0.717) is 12.4 Å². The number of para-hydroxylation sites is 1. The van der Waals surface area contributed by atoms with Crippen molar-refractivity contribution in [2.45, 2.75) is 39.7 Å². The average Bonchev–Trinajstić information content (AvgIpc) is 2.60. The maximum Gasteiger partial charge on any atom is 0.347 e. The van der Waals surface area contributed by atoms with Gasteiger partial charge in [-0.3, -0.25) is 0 Å². The summed E-state index contributed by atoms with van der Waals surface area (Å²) in [6, 6.07) is 8.55. The molecule has 26 heavy (non-hydrogen) atoms. The largest absolute Gasteiger partial charge is 0.491 e. The van der Waals surface area contributed by atoms with Gasteiger partial charge in [0, 0.05) is 11.1 Å². The molecule has 0 aliphatic carbocycles. The number of esters is 1. The van der Waals surface area contributed by atoms with Crippen molar-refractivity contribution in [2.24, 2.45) is 0 Å². The molecule has 0 aromatic heterocycles. The van der Waals surface area contributed by atoms with Crippen LogP contribution in [0.2, 0.25) is 0 Å². The molecule has 0 saturated heterocycles. The second-order valence-electron chi connectivity index (χ2n) is 5.95. The summed E-state index contributed by atoms with van der Waals surface area (Å²) in [6.07, 6.45) is 0.626. The van der Waals surface area contributed by atoms with Crippen LogP contribution in [0.15, 0.2) is 34.8 Å². The number of carbonyl (C=O) groups is 1. The third-order valence-corrected chi connectivity index (χ3v) is 4.71. The monoisotopic (exact) mass is 424 g/mol. The molecule has 0 heterocycles. The first-order valence-corrected chi connectivity index (χ1v) is 9.27. The Morgan fingerprint density at radius 2 is 1.96 bits per heavy atom. The van der Waals surface area contributed by atoms with Crippen LogP contribution in [0.4, 0.5) is 4.39 Å². The highest BCUT2D eigenvalue weighted by Gasteiger charge is 2.29. The molecule has 2 aromatic rings. The molecule has 140 valence electrons. The molecule has 4 nitrogen and oxygen atoms in total. The Morgan fingerprint density at radius 1 is 1.31 bits per heavy atom. The first kappa shape index (κ1) is 20.4. The van der Waals surface area contributed by atoms with E-state index in [1.54, 1.807) is 30.3 Å². The third-order valence-electron chi connectivity index (χ3n) is 3.92. The summed E-state index contributed by atoms with van der Waals surface area (Å²) < 4.78 is 26.2. The number of benzene rings is 2. The van der Waals surface area contributed by atoms with E-state index in [4.69, 9.17) is 9.47 Å². The SMILES string of the molecule is CCCCOc1c(Br)c(C(C)O)c(F)c(C)c1C(=O)Oc1ccccc1. The fraction of sp³-hybridized carbons (Fsp3) is 0.350. The van der Waals surface area contributed by atoms with Crippen LogP contribution in [0.25, 0.3) is 0 Å². The van der Waals surface area contributed by atoms with Crippen LogP contribution >= 0.6 is 15.9 Å². The van der Waals surface area contributed by atoms with Crippen LogP contribution < -0.4 is 9.47 Å². The zero-order valence-corrected chi connectivity index (χ0v) is 16.6. The number of unbranched alkanes of at least 4 members (excludes halogenated alkanes) is 1. The summed E-state index contributed by atoms with van der Waals surface area (Å²) in [6.45, 7) is 5.31. The number of rotatable bonds is 7. The van der Waals surface area contributed by atoms with Gasteiger partial charge in [-0.2, -0.15) is 0 Å². The van der Waals surface area contributed by atoms with Crippen LogP contribution in [0, 0.1) is 12.7 Å². The average molecular weight is 425 g/mol.